The van der Waals surface area contributed by atoms with Crippen molar-refractivity contribution in [1.82, 2.24) is 5.32 Å². The van der Waals surface area contributed by atoms with Crippen LogP contribution in [0.1, 0.15) is 48.4 Å². The average molecular weight is 321 g/mol. The van der Waals surface area contributed by atoms with E-state index in [0.717, 1.165) is 49.5 Å². The smallest absolute Gasteiger partial charge is 0.124 e. The molecule has 22 heavy (non-hydrogen) atoms. The Bertz CT molecular complexity index is 526. The van der Waals surface area contributed by atoms with Crippen molar-refractivity contribution in [1.29, 1.82) is 0 Å². The SMILES string of the molecule is Cc1cc2c(cc1C)C(NCC1(O)CCSCC1)CCCO2. The number of ether oxygens (including phenoxy) is 1. The molecule has 0 bridgehead atoms. The van der Waals surface area contributed by atoms with Gasteiger partial charge in [0.15, 0.2) is 0 Å². The third-order valence-electron chi connectivity index (χ3n) is 5.00. The van der Waals surface area contributed by atoms with Crippen LogP contribution in [0.3, 0.4) is 0 Å². The molecule has 0 saturated carbocycles. The molecule has 1 aromatic rings. The Morgan fingerprint density at radius 3 is 2.77 bits per heavy atom. The molecule has 0 aliphatic carbocycles. The van der Waals surface area contributed by atoms with Crippen LogP contribution >= 0.6 is 11.8 Å². The highest BCUT2D eigenvalue weighted by Gasteiger charge is 2.31. The van der Waals surface area contributed by atoms with E-state index in [9.17, 15) is 5.11 Å². The fourth-order valence-corrected chi connectivity index (χ4v) is 4.54. The van der Waals surface area contributed by atoms with Crippen LogP contribution in [0.5, 0.6) is 5.75 Å². The van der Waals surface area contributed by atoms with Gasteiger partial charge in [0.2, 0.25) is 0 Å². The fraction of sp³-hybridized carbons (Fsp3) is 0.667. The maximum atomic E-state index is 10.7. The van der Waals surface area contributed by atoms with Crippen LogP contribution in [0.2, 0.25) is 0 Å². The van der Waals surface area contributed by atoms with Crippen molar-refractivity contribution in [3.8, 4) is 5.75 Å². The first-order valence-electron chi connectivity index (χ1n) is 8.35. The van der Waals surface area contributed by atoms with Gasteiger partial charge in [0.1, 0.15) is 5.75 Å². The number of hydrogen-bond donors (Lipinski definition) is 2. The van der Waals surface area contributed by atoms with E-state index in [2.05, 4.69) is 31.3 Å². The van der Waals surface area contributed by atoms with Crippen molar-refractivity contribution in [3.05, 3.63) is 28.8 Å². The summed E-state index contributed by atoms with van der Waals surface area (Å²) in [6.07, 6.45) is 3.92. The van der Waals surface area contributed by atoms with Crippen LogP contribution in [0.4, 0.5) is 0 Å². The summed E-state index contributed by atoms with van der Waals surface area (Å²) >= 11 is 1.95. The van der Waals surface area contributed by atoms with Crippen molar-refractivity contribution in [3.63, 3.8) is 0 Å². The zero-order chi connectivity index (χ0) is 15.6. The predicted molar refractivity (Wildman–Crippen MR) is 92.9 cm³/mol. The lowest BCUT2D eigenvalue weighted by Gasteiger charge is -2.33. The average Bonchev–Trinajstić information content (AvgIpc) is 2.69. The van der Waals surface area contributed by atoms with Gasteiger partial charge in [-0.15, -0.1) is 0 Å². The molecule has 0 spiro atoms. The van der Waals surface area contributed by atoms with Crippen LogP contribution in [0, 0.1) is 13.8 Å². The zero-order valence-electron chi connectivity index (χ0n) is 13.7. The molecular weight excluding hydrogens is 294 g/mol. The summed E-state index contributed by atoms with van der Waals surface area (Å²) in [6, 6.07) is 4.71. The fourth-order valence-electron chi connectivity index (χ4n) is 3.29. The van der Waals surface area contributed by atoms with Gasteiger partial charge in [0.25, 0.3) is 0 Å². The van der Waals surface area contributed by atoms with Crippen LogP contribution in [0.15, 0.2) is 12.1 Å². The first kappa shape index (κ1) is 16.2. The maximum Gasteiger partial charge on any atom is 0.124 e. The van der Waals surface area contributed by atoms with Gasteiger partial charge in [0.05, 0.1) is 12.2 Å². The molecule has 0 aromatic heterocycles. The lowest BCUT2D eigenvalue weighted by Crippen LogP contribution is -2.44. The Morgan fingerprint density at radius 1 is 1.27 bits per heavy atom. The van der Waals surface area contributed by atoms with Gasteiger partial charge in [-0.3, -0.25) is 0 Å². The lowest BCUT2D eigenvalue weighted by atomic mass is 9.94. The molecule has 1 unspecified atom stereocenters. The van der Waals surface area contributed by atoms with Crippen LogP contribution in [-0.4, -0.2) is 35.4 Å². The lowest BCUT2D eigenvalue weighted by molar-refractivity contribution is 0.0293. The third-order valence-corrected chi connectivity index (χ3v) is 5.98. The predicted octanol–water partition coefficient (Wildman–Crippen LogP) is 3.36. The molecule has 3 nitrogen and oxygen atoms in total. The van der Waals surface area contributed by atoms with E-state index in [1.165, 1.54) is 16.7 Å². The second kappa shape index (κ2) is 6.81. The zero-order valence-corrected chi connectivity index (χ0v) is 14.5. The van der Waals surface area contributed by atoms with Gasteiger partial charge in [-0.25, -0.2) is 0 Å². The number of hydrogen-bond acceptors (Lipinski definition) is 4. The van der Waals surface area contributed by atoms with Crippen molar-refractivity contribution in [2.24, 2.45) is 0 Å². The van der Waals surface area contributed by atoms with Gasteiger partial charge in [-0.05, 0) is 68.2 Å². The van der Waals surface area contributed by atoms with E-state index in [-0.39, 0.29) is 6.04 Å². The second-order valence-corrected chi connectivity index (χ2v) is 7.96. The quantitative estimate of drug-likeness (QED) is 0.896. The molecule has 1 fully saturated rings. The molecule has 3 rings (SSSR count). The molecule has 1 saturated heterocycles. The Labute approximate surface area is 137 Å². The van der Waals surface area contributed by atoms with Crippen molar-refractivity contribution < 1.29 is 9.84 Å². The van der Waals surface area contributed by atoms with Gasteiger partial charge in [-0.2, -0.15) is 11.8 Å². The van der Waals surface area contributed by atoms with E-state index >= 15 is 0 Å². The van der Waals surface area contributed by atoms with Crippen molar-refractivity contribution in [2.75, 3.05) is 24.7 Å². The standard InChI is InChI=1S/C18H27NO2S/c1-13-10-15-16(4-3-7-21-17(15)11-14(13)2)19-12-18(20)5-8-22-9-6-18/h10-11,16,19-20H,3-9,12H2,1-2H3. The molecule has 0 radical (unpaired) electrons. The molecule has 2 N–H and O–H groups in total. The topological polar surface area (TPSA) is 41.5 Å². The summed E-state index contributed by atoms with van der Waals surface area (Å²) in [5, 5.41) is 14.3. The summed E-state index contributed by atoms with van der Waals surface area (Å²) in [7, 11) is 0. The number of nitrogens with one attached hydrogen (secondary N) is 1. The molecule has 1 aromatic carbocycles. The highest BCUT2D eigenvalue weighted by molar-refractivity contribution is 7.99. The number of benzene rings is 1. The van der Waals surface area contributed by atoms with E-state index in [1.807, 2.05) is 11.8 Å². The Balaban J connectivity index is 1.75. The van der Waals surface area contributed by atoms with Crippen molar-refractivity contribution in [2.45, 2.75) is 51.2 Å². The van der Waals surface area contributed by atoms with E-state index in [1.54, 1.807) is 0 Å². The van der Waals surface area contributed by atoms with Gasteiger partial charge < -0.3 is 15.2 Å². The Kier molecular flexibility index (Phi) is 5.00. The normalized spacial score (nSPS) is 24.2. The Hall–Kier alpha value is -0.710. The summed E-state index contributed by atoms with van der Waals surface area (Å²) < 4.78 is 5.93. The molecule has 0 amide bonds. The van der Waals surface area contributed by atoms with E-state index in [0.29, 0.717) is 6.54 Å². The van der Waals surface area contributed by atoms with Gasteiger partial charge in [-0.1, -0.05) is 6.07 Å². The molecule has 2 heterocycles. The molecular formula is C18H27NO2S. The first-order chi connectivity index (χ1) is 10.6. The summed E-state index contributed by atoms with van der Waals surface area (Å²) in [5.41, 5.74) is 3.32. The first-order valence-corrected chi connectivity index (χ1v) is 9.50. The van der Waals surface area contributed by atoms with E-state index < -0.39 is 5.60 Å². The number of thioether (sulfide) groups is 1. The molecule has 1 atom stereocenters. The number of rotatable bonds is 3. The highest BCUT2D eigenvalue weighted by atomic mass is 32.2. The summed E-state index contributed by atoms with van der Waals surface area (Å²) in [6.45, 7) is 5.76. The monoisotopic (exact) mass is 321 g/mol. The summed E-state index contributed by atoms with van der Waals surface area (Å²) in [5.74, 6) is 3.16. The van der Waals surface area contributed by atoms with Gasteiger partial charge in [0, 0.05) is 18.2 Å². The largest absolute Gasteiger partial charge is 0.493 e. The van der Waals surface area contributed by atoms with Gasteiger partial charge >= 0.3 is 0 Å². The van der Waals surface area contributed by atoms with E-state index in [4.69, 9.17) is 4.74 Å². The van der Waals surface area contributed by atoms with Crippen LogP contribution < -0.4 is 10.1 Å². The molecule has 2 aliphatic rings. The minimum Gasteiger partial charge on any atom is -0.493 e. The van der Waals surface area contributed by atoms with Crippen molar-refractivity contribution >= 4 is 11.8 Å². The third kappa shape index (κ3) is 3.61. The number of aliphatic hydroxyl groups is 1. The summed E-state index contributed by atoms with van der Waals surface area (Å²) in [4.78, 5) is 0. The highest BCUT2D eigenvalue weighted by Crippen LogP contribution is 2.34. The van der Waals surface area contributed by atoms with Crippen LogP contribution in [0.25, 0.3) is 0 Å². The second-order valence-electron chi connectivity index (χ2n) is 6.74. The molecule has 4 heteroatoms. The Morgan fingerprint density at radius 2 is 2.00 bits per heavy atom. The number of fused-ring (bicyclic) bond motifs is 1. The maximum absolute atomic E-state index is 10.7. The minimum absolute atomic E-state index is 0.287. The molecule has 122 valence electrons. The number of aryl methyl sites for hydroxylation is 2. The van der Waals surface area contributed by atoms with Crippen LogP contribution in [-0.2, 0) is 0 Å². The minimum atomic E-state index is -0.529. The molecule has 2 aliphatic heterocycles.